The highest BCUT2D eigenvalue weighted by Gasteiger charge is 2.19. The van der Waals surface area contributed by atoms with E-state index in [9.17, 15) is 5.11 Å². The van der Waals surface area contributed by atoms with Gasteiger partial charge in [-0.05, 0) is 19.5 Å². The zero-order valence-corrected chi connectivity index (χ0v) is 12.7. The lowest BCUT2D eigenvalue weighted by Gasteiger charge is -2.32. The molecule has 1 aliphatic rings. The molecule has 2 N–H and O–H groups in total. The predicted octanol–water partition coefficient (Wildman–Crippen LogP) is 1.68. The van der Waals surface area contributed by atoms with E-state index < -0.39 is 0 Å². The summed E-state index contributed by atoms with van der Waals surface area (Å²) < 4.78 is 0. The van der Waals surface area contributed by atoms with Crippen molar-refractivity contribution in [2.75, 3.05) is 46.3 Å². The number of phenolic OH excluding ortho intramolecular Hbond substituents is 1. The van der Waals surface area contributed by atoms with Crippen molar-refractivity contribution in [3.05, 3.63) is 29.8 Å². The lowest BCUT2D eigenvalue weighted by molar-refractivity contribution is 0.173. The number of rotatable bonds is 6. The maximum absolute atomic E-state index is 10.0. The van der Waals surface area contributed by atoms with Gasteiger partial charge in [0, 0.05) is 50.9 Å². The summed E-state index contributed by atoms with van der Waals surface area (Å²) in [5.41, 5.74) is 1.04. The van der Waals surface area contributed by atoms with Crippen molar-refractivity contribution in [2.45, 2.75) is 19.4 Å². The number of hydrogen-bond donors (Lipinski definition) is 2. The number of hydrogen-bond acceptors (Lipinski definition) is 4. The van der Waals surface area contributed by atoms with Crippen molar-refractivity contribution in [1.82, 2.24) is 15.1 Å². The molecule has 0 amide bonds. The molecule has 4 heteroatoms. The van der Waals surface area contributed by atoms with E-state index in [4.69, 9.17) is 0 Å². The van der Waals surface area contributed by atoms with Crippen molar-refractivity contribution < 1.29 is 5.11 Å². The number of nitrogens with one attached hydrogen (secondary N) is 1. The summed E-state index contributed by atoms with van der Waals surface area (Å²) in [7, 11) is 2.16. The summed E-state index contributed by atoms with van der Waals surface area (Å²) in [6.45, 7) is 8.79. The van der Waals surface area contributed by atoms with Crippen LogP contribution in [0.4, 0.5) is 0 Å². The maximum atomic E-state index is 10.0. The van der Waals surface area contributed by atoms with Crippen LogP contribution in [0.15, 0.2) is 24.3 Å². The lowest BCUT2D eigenvalue weighted by atomic mass is 10.0. The third kappa shape index (κ3) is 3.95. The first kappa shape index (κ1) is 15.3. The van der Waals surface area contributed by atoms with Crippen LogP contribution in [-0.2, 0) is 0 Å². The Bertz CT molecular complexity index is 404. The van der Waals surface area contributed by atoms with E-state index in [0.717, 1.165) is 51.3 Å². The van der Waals surface area contributed by atoms with Gasteiger partial charge >= 0.3 is 0 Å². The molecular formula is C16H27N3O. The van der Waals surface area contributed by atoms with Crippen LogP contribution >= 0.6 is 0 Å². The van der Waals surface area contributed by atoms with Crippen LogP contribution in [0.1, 0.15) is 24.9 Å². The van der Waals surface area contributed by atoms with Crippen LogP contribution in [0.5, 0.6) is 5.75 Å². The summed E-state index contributed by atoms with van der Waals surface area (Å²) >= 11 is 0. The average Bonchev–Trinajstić information content (AvgIpc) is 2.49. The molecule has 0 aromatic heterocycles. The second kappa shape index (κ2) is 7.62. The zero-order chi connectivity index (χ0) is 14.4. The summed E-state index contributed by atoms with van der Waals surface area (Å²) in [5.74, 6) is 0.411. The Morgan fingerprint density at radius 1 is 1.30 bits per heavy atom. The molecule has 0 bridgehead atoms. The second-order valence-corrected chi connectivity index (χ2v) is 5.56. The fourth-order valence-electron chi connectivity index (χ4n) is 2.93. The van der Waals surface area contributed by atoms with Crippen molar-refractivity contribution in [3.63, 3.8) is 0 Å². The van der Waals surface area contributed by atoms with Crippen LogP contribution < -0.4 is 5.32 Å². The Kier molecular flexibility index (Phi) is 5.83. The number of para-hydroxylation sites is 1. The average molecular weight is 277 g/mol. The highest BCUT2D eigenvalue weighted by Crippen LogP contribution is 2.29. The van der Waals surface area contributed by atoms with Gasteiger partial charge in [-0.3, -0.25) is 9.80 Å². The molecule has 1 unspecified atom stereocenters. The minimum atomic E-state index is 0.291. The molecule has 0 saturated carbocycles. The smallest absolute Gasteiger partial charge is 0.120 e. The molecule has 1 saturated heterocycles. The molecule has 0 spiro atoms. The van der Waals surface area contributed by atoms with Crippen LogP contribution in [0.25, 0.3) is 0 Å². The number of benzene rings is 1. The van der Waals surface area contributed by atoms with Crippen molar-refractivity contribution in [1.29, 1.82) is 0 Å². The summed E-state index contributed by atoms with van der Waals surface area (Å²) in [4.78, 5) is 4.86. The van der Waals surface area contributed by atoms with Gasteiger partial charge in [0.15, 0.2) is 0 Å². The van der Waals surface area contributed by atoms with Crippen molar-refractivity contribution in [3.8, 4) is 5.75 Å². The predicted molar refractivity (Wildman–Crippen MR) is 83.1 cm³/mol. The van der Waals surface area contributed by atoms with E-state index >= 15 is 0 Å². The molecule has 1 heterocycles. The molecule has 0 aliphatic carbocycles. The van der Waals surface area contributed by atoms with E-state index in [1.54, 1.807) is 6.07 Å². The Morgan fingerprint density at radius 3 is 2.65 bits per heavy atom. The van der Waals surface area contributed by atoms with Crippen LogP contribution in [0.2, 0.25) is 0 Å². The van der Waals surface area contributed by atoms with Gasteiger partial charge in [0.1, 0.15) is 5.75 Å². The molecule has 0 radical (unpaired) electrons. The maximum Gasteiger partial charge on any atom is 0.120 e. The van der Waals surface area contributed by atoms with Gasteiger partial charge in [0.2, 0.25) is 0 Å². The summed E-state index contributed by atoms with van der Waals surface area (Å²) in [5, 5.41) is 13.4. The van der Waals surface area contributed by atoms with E-state index in [1.165, 1.54) is 0 Å². The molecular weight excluding hydrogens is 250 g/mol. The lowest BCUT2D eigenvalue weighted by Crippen LogP contribution is -2.46. The van der Waals surface area contributed by atoms with E-state index in [1.807, 2.05) is 18.2 Å². The molecule has 4 nitrogen and oxygen atoms in total. The monoisotopic (exact) mass is 277 g/mol. The standard InChI is InChI=1S/C16H27N3O/c1-3-15(14-6-4-5-7-16(14)20)18(2)12-13-19-10-8-17-9-11-19/h4-7,15,17,20H,3,8-13H2,1-2H3. The highest BCUT2D eigenvalue weighted by molar-refractivity contribution is 5.34. The Labute approximate surface area is 122 Å². The van der Waals surface area contributed by atoms with Gasteiger partial charge in [0.25, 0.3) is 0 Å². The first-order chi connectivity index (χ1) is 9.72. The molecule has 1 atom stereocenters. The van der Waals surface area contributed by atoms with Crippen LogP contribution in [0, 0.1) is 0 Å². The van der Waals surface area contributed by atoms with Crippen LogP contribution in [0.3, 0.4) is 0 Å². The number of likely N-dealkylation sites (N-methyl/N-ethyl adjacent to an activating group) is 1. The van der Waals surface area contributed by atoms with E-state index in [2.05, 4.69) is 29.1 Å². The minimum Gasteiger partial charge on any atom is -0.508 e. The van der Waals surface area contributed by atoms with Crippen LogP contribution in [-0.4, -0.2) is 61.2 Å². The fraction of sp³-hybridized carbons (Fsp3) is 0.625. The molecule has 1 aromatic rings. The van der Waals surface area contributed by atoms with E-state index in [0.29, 0.717) is 11.8 Å². The number of phenols is 1. The molecule has 2 rings (SSSR count). The molecule has 1 fully saturated rings. The minimum absolute atomic E-state index is 0.291. The van der Waals surface area contributed by atoms with Crippen molar-refractivity contribution >= 4 is 0 Å². The van der Waals surface area contributed by atoms with Gasteiger partial charge in [0.05, 0.1) is 0 Å². The molecule has 112 valence electrons. The van der Waals surface area contributed by atoms with Crippen molar-refractivity contribution in [2.24, 2.45) is 0 Å². The zero-order valence-electron chi connectivity index (χ0n) is 12.7. The Balaban J connectivity index is 1.91. The largest absolute Gasteiger partial charge is 0.508 e. The quantitative estimate of drug-likeness (QED) is 0.830. The fourth-order valence-corrected chi connectivity index (χ4v) is 2.93. The van der Waals surface area contributed by atoms with Gasteiger partial charge in [-0.25, -0.2) is 0 Å². The third-order valence-corrected chi connectivity index (χ3v) is 4.19. The van der Waals surface area contributed by atoms with Gasteiger partial charge in [-0.2, -0.15) is 0 Å². The topological polar surface area (TPSA) is 38.7 Å². The summed E-state index contributed by atoms with van der Waals surface area (Å²) in [6.07, 6.45) is 1.01. The SMILES string of the molecule is CCC(c1ccccc1O)N(C)CCN1CCNCC1. The van der Waals surface area contributed by atoms with Gasteiger partial charge in [-0.15, -0.1) is 0 Å². The summed E-state index contributed by atoms with van der Waals surface area (Å²) in [6, 6.07) is 7.99. The molecule has 1 aromatic carbocycles. The number of nitrogens with zero attached hydrogens (tertiary/aromatic N) is 2. The molecule has 1 aliphatic heterocycles. The highest BCUT2D eigenvalue weighted by atomic mass is 16.3. The first-order valence-electron chi connectivity index (χ1n) is 7.63. The second-order valence-electron chi connectivity index (χ2n) is 5.56. The normalized spacial score (nSPS) is 18.4. The number of piperazine rings is 1. The molecule has 20 heavy (non-hydrogen) atoms. The number of aromatic hydroxyl groups is 1. The first-order valence-corrected chi connectivity index (χ1v) is 7.63. The van der Waals surface area contributed by atoms with Gasteiger partial charge in [-0.1, -0.05) is 25.1 Å². The van der Waals surface area contributed by atoms with E-state index in [-0.39, 0.29) is 0 Å². The third-order valence-electron chi connectivity index (χ3n) is 4.19. The van der Waals surface area contributed by atoms with Gasteiger partial charge < -0.3 is 10.4 Å². The Hall–Kier alpha value is -1.10. The Morgan fingerprint density at radius 2 is 2.00 bits per heavy atom.